The van der Waals surface area contributed by atoms with Gasteiger partial charge in [-0.1, -0.05) is 18.2 Å². The lowest BCUT2D eigenvalue weighted by molar-refractivity contribution is -0.137. The van der Waals surface area contributed by atoms with Crippen LogP contribution in [0.5, 0.6) is 17.4 Å². The molecule has 7 nitrogen and oxygen atoms in total. The third-order valence-corrected chi connectivity index (χ3v) is 7.19. The van der Waals surface area contributed by atoms with Crippen LogP contribution in [0.3, 0.4) is 0 Å². The predicted molar refractivity (Wildman–Crippen MR) is 140 cm³/mol. The molecule has 2 aliphatic rings. The second-order valence-corrected chi connectivity index (χ2v) is 9.81. The molecule has 0 radical (unpaired) electrons. The van der Waals surface area contributed by atoms with E-state index < -0.39 is 5.97 Å². The summed E-state index contributed by atoms with van der Waals surface area (Å²) < 4.78 is 23.1. The quantitative estimate of drug-likeness (QED) is 0.350. The highest BCUT2D eigenvalue weighted by Gasteiger charge is 2.30. The monoisotopic (exact) mass is 503 g/mol. The SMILES string of the molecule is COCCCOc1cc(C)c(-c2cccc3c2CC[C@@H]3Oc2cc3c(cn2)[C@H](CC(=O)O)CO3)c(C)c1. The zero-order valence-electron chi connectivity index (χ0n) is 21.6. The Balaban J connectivity index is 1.35. The van der Waals surface area contributed by atoms with Crippen molar-refractivity contribution in [3.8, 4) is 28.5 Å². The number of methoxy groups -OCH3 is 1. The second kappa shape index (κ2) is 10.8. The lowest BCUT2D eigenvalue weighted by Gasteiger charge is -2.18. The third-order valence-electron chi connectivity index (χ3n) is 7.19. The molecule has 0 fully saturated rings. The van der Waals surface area contributed by atoms with Gasteiger partial charge < -0.3 is 24.1 Å². The molecule has 3 aromatic rings. The molecule has 0 saturated heterocycles. The summed E-state index contributed by atoms with van der Waals surface area (Å²) in [5.41, 5.74) is 8.19. The number of carbonyl (C=O) groups is 1. The van der Waals surface area contributed by atoms with E-state index in [0.29, 0.717) is 31.5 Å². The van der Waals surface area contributed by atoms with E-state index in [-0.39, 0.29) is 18.4 Å². The van der Waals surface area contributed by atoms with Gasteiger partial charge in [0, 0.05) is 43.9 Å². The van der Waals surface area contributed by atoms with Gasteiger partial charge in [-0.25, -0.2) is 4.98 Å². The van der Waals surface area contributed by atoms with Crippen LogP contribution >= 0.6 is 0 Å². The Morgan fingerprint density at radius 2 is 1.95 bits per heavy atom. The molecule has 1 aliphatic carbocycles. The van der Waals surface area contributed by atoms with Crippen LogP contribution < -0.4 is 14.2 Å². The highest BCUT2D eigenvalue weighted by atomic mass is 16.5. The summed E-state index contributed by atoms with van der Waals surface area (Å²) in [5, 5.41) is 9.13. The van der Waals surface area contributed by atoms with Crippen molar-refractivity contribution < 1.29 is 28.8 Å². The Kier molecular flexibility index (Phi) is 7.33. The van der Waals surface area contributed by atoms with Gasteiger partial charge in [0.25, 0.3) is 0 Å². The lowest BCUT2D eigenvalue weighted by atomic mass is 9.90. The summed E-state index contributed by atoms with van der Waals surface area (Å²) in [4.78, 5) is 15.6. The standard InChI is InChI=1S/C30H33NO6/c1-18-12-21(35-11-5-10-34-3)13-19(2)30(18)24-7-4-6-23-22(24)8-9-26(23)37-28-15-27-25(16-31-28)20(17-36-27)14-29(32)33/h4,6-7,12-13,15-16,20,26H,5,8-11,14,17H2,1-3H3,(H,32,33)/t20-,26+/m1/s1. The number of pyridine rings is 1. The van der Waals surface area contributed by atoms with E-state index in [4.69, 9.17) is 24.1 Å². The van der Waals surface area contributed by atoms with Crippen LogP contribution in [0.2, 0.25) is 0 Å². The van der Waals surface area contributed by atoms with Crippen LogP contribution in [0.25, 0.3) is 11.1 Å². The van der Waals surface area contributed by atoms with E-state index in [2.05, 4.69) is 49.2 Å². The van der Waals surface area contributed by atoms with Gasteiger partial charge >= 0.3 is 5.97 Å². The van der Waals surface area contributed by atoms with Crippen LogP contribution in [0.4, 0.5) is 0 Å². The number of ether oxygens (including phenoxy) is 4. The number of aryl methyl sites for hydroxylation is 2. The third kappa shape index (κ3) is 5.27. The van der Waals surface area contributed by atoms with Gasteiger partial charge in [-0.3, -0.25) is 4.79 Å². The van der Waals surface area contributed by atoms with Gasteiger partial charge in [-0.2, -0.15) is 0 Å². The smallest absolute Gasteiger partial charge is 0.304 e. The number of aromatic nitrogens is 1. The zero-order chi connectivity index (χ0) is 25.9. The molecule has 0 bridgehead atoms. The Bertz CT molecular complexity index is 1280. The molecule has 1 aliphatic heterocycles. The van der Waals surface area contributed by atoms with Crippen LogP contribution in [0.15, 0.2) is 42.6 Å². The minimum atomic E-state index is -0.838. The largest absolute Gasteiger partial charge is 0.493 e. The first kappa shape index (κ1) is 25.1. The fourth-order valence-corrected chi connectivity index (χ4v) is 5.53. The van der Waals surface area contributed by atoms with Gasteiger partial charge in [-0.05, 0) is 72.2 Å². The first-order chi connectivity index (χ1) is 17.9. The molecule has 0 amide bonds. The molecule has 194 valence electrons. The molecule has 1 aromatic heterocycles. The molecule has 2 heterocycles. The number of carboxylic acid groups (broad SMARTS) is 1. The number of carboxylic acids is 1. The molecule has 0 spiro atoms. The number of hydrogen-bond donors (Lipinski definition) is 1. The van der Waals surface area contributed by atoms with Crippen molar-refractivity contribution >= 4 is 5.97 Å². The van der Waals surface area contributed by atoms with Gasteiger partial charge in [0.1, 0.15) is 17.6 Å². The summed E-state index contributed by atoms with van der Waals surface area (Å²) in [6.07, 6.45) is 4.29. The molecular weight excluding hydrogens is 470 g/mol. The maximum atomic E-state index is 11.1. The summed E-state index contributed by atoms with van der Waals surface area (Å²) >= 11 is 0. The Morgan fingerprint density at radius 3 is 2.70 bits per heavy atom. The highest BCUT2D eigenvalue weighted by Crippen LogP contribution is 2.43. The van der Waals surface area contributed by atoms with Crippen LogP contribution in [0, 0.1) is 13.8 Å². The highest BCUT2D eigenvalue weighted by molar-refractivity contribution is 5.76. The lowest BCUT2D eigenvalue weighted by Crippen LogP contribution is -2.07. The minimum absolute atomic E-state index is 0.0351. The zero-order valence-corrected chi connectivity index (χ0v) is 21.6. The fraction of sp³-hybridized carbons (Fsp3) is 0.400. The van der Waals surface area contributed by atoms with Gasteiger partial charge in [0.15, 0.2) is 0 Å². The average Bonchev–Trinajstić information content (AvgIpc) is 3.45. The van der Waals surface area contributed by atoms with Crippen molar-refractivity contribution in [3.05, 3.63) is 70.4 Å². The summed E-state index contributed by atoms with van der Waals surface area (Å²) in [6.45, 7) is 5.96. The van der Waals surface area contributed by atoms with Crippen molar-refractivity contribution in [1.82, 2.24) is 4.98 Å². The van der Waals surface area contributed by atoms with E-state index in [1.807, 2.05) is 0 Å². The minimum Gasteiger partial charge on any atom is -0.493 e. The number of rotatable bonds is 10. The first-order valence-electron chi connectivity index (χ1n) is 12.8. The second-order valence-electron chi connectivity index (χ2n) is 9.81. The molecule has 0 unspecified atom stereocenters. The van der Waals surface area contributed by atoms with Crippen molar-refractivity contribution in [2.24, 2.45) is 0 Å². The Labute approximate surface area is 217 Å². The van der Waals surface area contributed by atoms with Crippen LogP contribution in [0.1, 0.15) is 59.1 Å². The van der Waals surface area contributed by atoms with Crippen molar-refractivity contribution in [2.45, 2.75) is 51.6 Å². The Morgan fingerprint density at radius 1 is 1.14 bits per heavy atom. The number of fused-ring (bicyclic) bond motifs is 2. The van der Waals surface area contributed by atoms with E-state index in [1.54, 1.807) is 19.4 Å². The number of benzene rings is 2. The van der Waals surface area contributed by atoms with E-state index in [1.165, 1.54) is 33.4 Å². The van der Waals surface area contributed by atoms with Crippen LogP contribution in [-0.2, 0) is 16.0 Å². The maximum Gasteiger partial charge on any atom is 0.304 e. The molecule has 2 atom stereocenters. The number of nitrogens with zero attached hydrogens (tertiary/aromatic N) is 1. The Hall–Kier alpha value is -3.58. The molecule has 5 rings (SSSR count). The van der Waals surface area contributed by atoms with Gasteiger partial charge in [0.05, 0.1) is 19.6 Å². The maximum absolute atomic E-state index is 11.1. The molecule has 7 heteroatoms. The topological polar surface area (TPSA) is 87.1 Å². The fourth-order valence-electron chi connectivity index (χ4n) is 5.53. The van der Waals surface area contributed by atoms with Crippen molar-refractivity contribution in [3.63, 3.8) is 0 Å². The van der Waals surface area contributed by atoms with Gasteiger partial charge in [0.2, 0.25) is 5.88 Å². The molecule has 1 N–H and O–H groups in total. The van der Waals surface area contributed by atoms with Crippen LogP contribution in [-0.4, -0.2) is 43.0 Å². The molecule has 37 heavy (non-hydrogen) atoms. The predicted octanol–water partition coefficient (Wildman–Crippen LogP) is 5.80. The number of aliphatic carboxylic acids is 1. The normalized spacial score (nSPS) is 17.7. The van der Waals surface area contributed by atoms with E-state index in [0.717, 1.165) is 30.6 Å². The molecular formula is C30H33NO6. The average molecular weight is 504 g/mol. The van der Waals surface area contributed by atoms with Gasteiger partial charge in [-0.15, -0.1) is 0 Å². The summed E-state index contributed by atoms with van der Waals surface area (Å²) in [6, 6.07) is 12.5. The summed E-state index contributed by atoms with van der Waals surface area (Å²) in [5.74, 6) is 1.05. The van der Waals surface area contributed by atoms with Crippen molar-refractivity contribution in [1.29, 1.82) is 0 Å². The number of hydrogen-bond acceptors (Lipinski definition) is 6. The van der Waals surface area contributed by atoms with Crippen molar-refractivity contribution in [2.75, 3.05) is 26.9 Å². The summed E-state index contributed by atoms with van der Waals surface area (Å²) in [7, 11) is 1.70. The molecule has 2 aromatic carbocycles. The van der Waals surface area contributed by atoms with E-state index in [9.17, 15) is 4.79 Å². The molecule has 0 saturated carbocycles. The first-order valence-corrected chi connectivity index (χ1v) is 12.8. The van der Waals surface area contributed by atoms with E-state index >= 15 is 0 Å².